The third kappa shape index (κ3) is 16.2. The molecule has 0 saturated heterocycles. The highest BCUT2D eigenvalue weighted by Crippen LogP contribution is 2.17. The Morgan fingerprint density at radius 2 is 1.52 bits per heavy atom. The summed E-state index contributed by atoms with van der Waals surface area (Å²) in [4.78, 5) is 4.16. The normalized spacial score (nSPS) is 12.2. The first-order chi connectivity index (χ1) is 14.7. The van der Waals surface area contributed by atoms with E-state index in [9.17, 15) is 0 Å². The molecule has 1 aromatic carbocycles. The van der Waals surface area contributed by atoms with Crippen molar-refractivity contribution in [1.29, 1.82) is 0 Å². The van der Waals surface area contributed by atoms with Gasteiger partial charge in [-0.15, -0.1) is 0 Å². The minimum absolute atomic E-state index is 0.654. The van der Waals surface area contributed by atoms with Crippen LogP contribution >= 0.6 is 0 Å². The molecule has 0 amide bonds. The molecule has 0 aliphatic heterocycles. The summed E-state index contributed by atoms with van der Waals surface area (Å²) in [6, 6.07) is 8.70. The number of hydrogen-bond donors (Lipinski definition) is 1. The van der Waals surface area contributed by atoms with Gasteiger partial charge in [-0.2, -0.15) is 0 Å². The molecule has 0 aliphatic carbocycles. The number of aliphatic hydroxyl groups excluding tert-OH is 1. The zero-order valence-electron chi connectivity index (χ0n) is 22.3. The van der Waals surface area contributed by atoms with Gasteiger partial charge in [-0.3, -0.25) is 4.99 Å². The lowest BCUT2D eigenvalue weighted by Crippen LogP contribution is -1.97. The van der Waals surface area contributed by atoms with Gasteiger partial charge in [0.25, 0.3) is 0 Å². The Kier molecular flexibility index (Phi) is 22.7. The van der Waals surface area contributed by atoms with Crippen molar-refractivity contribution in [3.05, 3.63) is 77.4 Å². The van der Waals surface area contributed by atoms with Gasteiger partial charge in [-0.1, -0.05) is 88.4 Å². The van der Waals surface area contributed by atoms with Crippen LogP contribution in [0.2, 0.25) is 0 Å². The minimum atomic E-state index is 0.654. The average Bonchev–Trinajstić information content (AvgIpc) is 2.81. The van der Waals surface area contributed by atoms with E-state index in [0.717, 1.165) is 24.7 Å². The van der Waals surface area contributed by atoms with Crippen molar-refractivity contribution in [2.45, 2.75) is 75.2 Å². The summed E-state index contributed by atoms with van der Waals surface area (Å²) in [6.07, 6.45) is 6.40. The van der Waals surface area contributed by atoms with Gasteiger partial charge >= 0.3 is 0 Å². The van der Waals surface area contributed by atoms with Crippen LogP contribution in [-0.4, -0.2) is 25.0 Å². The Morgan fingerprint density at radius 3 is 1.87 bits per heavy atom. The molecule has 0 fully saturated rings. The van der Waals surface area contributed by atoms with Crippen LogP contribution in [0, 0.1) is 5.92 Å². The van der Waals surface area contributed by atoms with Crippen molar-refractivity contribution >= 4 is 11.3 Å². The van der Waals surface area contributed by atoms with Crippen LogP contribution in [0.3, 0.4) is 0 Å². The maximum Gasteiger partial charge on any atom is 0.0319 e. The Balaban J connectivity index is -0.000000444. The first kappa shape index (κ1) is 33.4. The van der Waals surface area contributed by atoms with E-state index in [1.807, 2.05) is 27.8 Å². The van der Waals surface area contributed by atoms with Crippen LogP contribution in [0.15, 0.2) is 71.3 Å². The van der Waals surface area contributed by atoms with E-state index in [-0.39, 0.29) is 0 Å². The molecule has 0 heterocycles. The molecule has 1 atom stereocenters. The average molecular weight is 428 g/mol. The van der Waals surface area contributed by atoms with Crippen molar-refractivity contribution in [3.63, 3.8) is 0 Å². The monoisotopic (exact) mass is 427 g/mol. The quantitative estimate of drug-likeness (QED) is 0.343. The van der Waals surface area contributed by atoms with Crippen molar-refractivity contribution < 1.29 is 5.11 Å². The topological polar surface area (TPSA) is 32.6 Å². The highest BCUT2D eigenvalue weighted by molar-refractivity contribution is 5.84. The second-order valence-corrected chi connectivity index (χ2v) is 7.31. The molecule has 0 spiro atoms. The molecule has 1 unspecified atom stereocenters. The van der Waals surface area contributed by atoms with E-state index in [2.05, 4.69) is 96.1 Å². The molecule has 1 rings (SSSR count). The highest BCUT2D eigenvalue weighted by Gasteiger charge is 2.01. The summed E-state index contributed by atoms with van der Waals surface area (Å²) in [7, 11) is 2.84. The van der Waals surface area contributed by atoms with Crippen LogP contribution in [0.5, 0.6) is 0 Å². The fraction of sp³-hybridized carbons (Fsp3) is 0.483. The van der Waals surface area contributed by atoms with E-state index >= 15 is 0 Å². The third-order valence-electron chi connectivity index (χ3n) is 5.02. The molecular weight excluding hydrogens is 378 g/mol. The number of hydrogen-bond acceptors (Lipinski definition) is 2. The zero-order valence-corrected chi connectivity index (χ0v) is 22.3. The molecule has 0 bridgehead atoms. The van der Waals surface area contributed by atoms with Gasteiger partial charge in [0.2, 0.25) is 0 Å². The first-order valence-electron chi connectivity index (χ1n) is 11.3. The van der Waals surface area contributed by atoms with E-state index < -0.39 is 0 Å². The lowest BCUT2D eigenvalue weighted by molar-refractivity contribution is 0.399. The van der Waals surface area contributed by atoms with Crippen LogP contribution in [0.1, 0.15) is 79.9 Å². The van der Waals surface area contributed by atoms with Gasteiger partial charge in [0, 0.05) is 26.3 Å². The molecule has 1 aromatic rings. The Labute approximate surface area is 194 Å². The van der Waals surface area contributed by atoms with Crippen molar-refractivity contribution in [3.8, 4) is 0 Å². The number of aliphatic hydroxyl groups is 1. The number of nitrogens with zero attached hydrogens (tertiary/aromatic N) is 1. The fourth-order valence-electron chi connectivity index (χ4n) is 2.29. The summed E-state index contributed by atoms with van der Waals surface area (Å²) < 4.78 is 0. The van der Waals surface area contributed by atoms with Crippen LogP contribution in [0.4, 0.5) is 0 Å². The molecule has 2 heteroatoms. The first-order valence-corrected chi connectivity index (χ1v) is 11.3. The molecule has 0 saturated carbocycles. The van der Waals surface area contributed by atoms with Gasteiger partial charge in [-0.25, -0.2) is 0 Å². The smallest absolute Gasteiger partial charge is 0.0319 e. The SMILES string of the molecule is C/C=C(\C)c1ccc(CC(C)=NC)cc1.C=C(C)C(=C)/C=C(/C)C(C)CC.CC.CO. The summed E-state index contributed by atoms with van der Waals surface area (Å²) in [5.74, 6) is 0.654. The number of aliphatic imine (C=N–C) groups is 1. The second kappa shape index (κ2) is 21.1. The van der Waals surface area contributed by atoms with Crippen molar-refractivity contribution in [2.24, 2.45) is 10.9 Å². The summed E-state index contributed by atoms with van der Waals surface area (Å²) in [5, 5.41) is 7.00. The summed E-state index contributed by atoms with van der Waals surface area (Å²) in [6.45, 7) is 26.6. The molecule has 1 N–H and O–H groups in total. The van der Waals surface area contributed by atoms with E-state index in [1.165, 1.54) is 34.4 Å². The largest absolute Gasteiger partial charge is 0.400 e. The van der Waals surface area contributed by atoms with E-state index in [1.54, 1.807) is 0 Å². The molecule has 0 aliphatic rings. The van der Waals surface area contributed by atoms with Crippen molar-refractivity contribution in [2.75, 3.05) is 14.2 Å². The molecule has 176 valence electrons. The molecular formula is C29H49NO. The number of benzene rings is 1. The Hall–Kier alpha value is -2.19. The minimum Gasteiger partial charge on any atom is -0.400 e. The third-order valence-corrected chi connectivity index (χ3v) is 5.02. The van der Waals surface area contributed by atoms with Crippen LogP contribution < -0.4 is 0 Å². The predicted molar refractivity (Wildman–Crippen MR) is 145 cm³/mol. The van der Waals surface area contributed by atoms with Gasteiger partial charge < -0.3 is 5.11 Å². The number of rotatable bonds is 7. The molecule has 0 radical (unpaired) electrons. The number of allylic oxidation sites excluding steroid dienone is 6. The van der Waals surface area contributed by atoms with E-state index in [0.29, 0.717) is 5.92 Å². The zero-order chi connectivity index (χ0) is 25.0. The lowest BCUT2D eigenvalue weighted by Gasteiger charge is -2.09. The standard InChI is InChI=1S/C14H19N.C12H20.C2H6.CH4O/c1-5-11(2)14-8-6-13(7-9-14)10-12(3)15-4;1-7-10(4)12(6)8-11(5)9(2)3;2*1-2/h5-9H,10H2,1-4H3;8,10H,2,5,7H2,1,3-4,6H3;1-2H3;2H,1H3/b11-5+,15-12?;12-8-;;. The maximum absolute atomic E-state index is 7.00. The fourth-order valence-corrected chi connectivity index (χ4v) is 2.29. The van der Waals surface area contributed by atoms with Crippen LogP contribution in [-0.2, 0) is 6.42 Å². The molecule has 31 heavy (non-hydrogen) atoms. The Morgan fingerprint density at radius 1 is 1.03 bits per heavy atom. The highest BCUT2D eigenvalue weighted by atomic mass is 16.2. The molecule has 0 aromatic heterocycles. The van der Waals surface area contributed by atoms with Gasteiger partial charge in [0.15, 0.2) is 0 Å². The lowest BCUT2D eigenvalue weighted by atomic mass is 9.97. The van der Waals surface area contributed by atoms with Gasteiger partial charge in [-0.05, 0) is 69.2 Å². The summed E-state index contributed by atoms with van der Waals surface area (Å²) in [5.41, 5.74) is 8.61. The summed E-state index contributed by atoms with van der Waals surface area (Å²) >= 11 is 0. The van der Waals surface area contributed by atoms with E-state index in [4.69, 9.17) is 5.11 Å². The molecule has 2 nitrogen and oxygen atoms in total. The van der Waals surface area contributed by atoms with Crippen LogP contribution in [0.25, 0.3) is 5.57 Å². The predicted octanol–water partition coefficient (Wildman–Crippen LogP) is 8.49. The van der Waals surface area contributed by atoms with Gasteiger partial charge in [0.05, 0.1) is 0 Å². The van der Waals surface area contributed by atoms with Crippen molar-refractivity contribution in [1.82, 2.24) is 0 Å². The maximum atomic E-state index is 7.00. The van der Waals surface area contributed by atoms with Gasteiger partial charge in [0.1, 0.15) is 0 Å². The Bertz CT molecular complexity index is 703. The second-order valence-electron chi connectivity index (χ2n) is 7.31.